The van der Waals surface area contributed by atoms with Crippen molar-refractivity contribution >= 4 is 5.78 Å². The summed E-state index contributed by atoms with van der Waals surface area (Å²) in [5, 5.41) is 23.7. The maximum Gasteiger partial charge on any atom is 0.180 e. The van der Waals surface area contributed by atoms with Crippen LogP contribution in [0.15, 0.2) is 36.4 Å². The van der Waals surface area contributed by atoms with Gasteiger partial charge in [-0.3, -0.25) is 9.69 Å². The number of ether oxygens (including phenoxy) is 1. The van der Waals surface area contributed by atoms with Gasteiger partial charge in [-0.2, -0.15) is 0 Å². The second-order valence-corrected chi connectivity index (χ2v) is 12.0. The quantitative estimate of drug-likeness (QED) is 0.724. The Kier molecular flexibility index (Phi) is 3.65. The van der Waals surface area contributed by atoms with E-state index in [9.17, 15) is 15.0 Å². The Morgan fingerprint density at radius 3 is 2.71 bits per heavy atom. The fraction of sp³-hybridized carbons (Fsp3) is 0.552. The minimum absolute atomic E-state index is 0.0157. The molecule has 2 saturated carbocycles. The third kappa shape index (κ3) is 2.22. The van der Waals surface area contributed by atoms with Gasteiger partial charge in [-0.1, -0.05) is 30.3 Å². The van der Waals surface area contributed by atoms with Crippen LogP contribution in [0.4, 0.5) is 0 Å². The first kappa shape index (κ1) is 19.9. The number of aromatic hydroxyl groups is 1. The van der Waals surface area contributed by atoms with Crippen molar-refractivity contribution < 1.29 is 19.7 Å². The molecule has 0 aromatic heterocycles. The highest BCUT2D eigenvalue weighted by Crippen LogP contribution is 2.68. The Balaban J connectivity index is 1.32. The molecule has 6 aliphatic rings. The summed E-state index contributed by atoms with van der Waals surface area (Å²) in [6.07, 6.45) is 6.09. The van der Waals surface area contributed by atoms with Crippen molar-refractivity contribution in [3.05, 3.63) is 58.7 Å². The zero-order valence-electron chi connectivity index (χ0n) is 19.4. The topological polar surface area (TPSA) is 70.0 Å². The number of fused-ring (bicyclic) bond motifs is 1. The molecule has 2 N–H and O–H groups in total. The number of hydrogen-bond donors (Lipinski definition) is 2. The van der Waals surface area contributed by atoms with Gasteiger partial charge in [-0.15, -0.1) is 0 Å². The van der Waals surface area contributed by atoms with Gasteiger partial charge >= 0.3 is 0 Å². The molecule has 2 aromatic carbocycles. The molecule has 5 nitrogen and oxygen atoms in total. The maximum absolute atomic E-state index is 14.4. The Labute approximate surface area is 199 Å². The molecule has 5 atom stereocenters. The third-order valence-corrected chi connectivity index (χ3v) is 10.4. The van der Waals surface area contributed by atoms with E-state index in [-0.39, 0.29) is 17.6 Å². The highest BCUT2D eigenvalue weighted by molar-refractivity contribution is 5.95. The molecular weight excluding hydrogens is 426 g/mol. The number of piperidine rings is 1. The fourth-order valence-corrected chi connectivity index (χ4v) is 8.68. The smallest absolute Gasteiger partial charge is 0.180 e. The van der Waals surface area contributed by atoms with Crippen LogP contribution in [0.2, 0.25) is 0 Å². The standard InChI is InChI=1S/C29H31NO4/c31-21-8-7-19-13-22-29(33)16-27(10-9-18-3-1-2-4-20(18)14-27)25(32)26-28(29,23(19)24(21)34-26)11-12-30(22)15-17-5-6-17/h1-4,7-8,17,22,26,31,33H,5-6,9-16H2/t22-,26+,27-,28+,29-/m1/s1. The number of carbonyl (C=O) groups excluding carboxylic acids is 1. The summed E-state index contributed by atoms with van der Waals surface area (Å²) in [6.45, 7) is 1.92. The zero-order valence-corrected chi connectivity index (χ0v) is 19.4. The van der Waals surface area contributed by atoms with Crippen LogP contribution in [0, 0.1) is 11.3 Å². The highest BCUT2D eigenvalue weighted by atomic mass is 16.5. The lowest BCUT2D eigenvalue weighted by Gasteiger charge is -2.66. The van der Waals surface area contributed by atoms with Gasteiger partial charge in [0.2, 0.25) is 0 Å². The number of rotatable bonds is 2. The monoisotopic (exact) mass is 457 g/mol. The number of aliphatic hydroxyl groups is 1. The number of likely N-dealkylation sites (tertiary alicyclic amines) is 1. The number of ketones is 1. The van der Waals surface area contributed by atoms with Crippen molar-refractivity contribution in [2.75, 3.05) is 13.1 Å². The zero-order chi connectivity index (χ0) is 22.9. The van der Waals surface area contributed by atoms with Gasteiger partial charge in [0, 0.05) is 23.6 Å². The number of phenolic OH excluding ortho intramolecular Hbond substituents is 1. The largest absolute Gasteiger partial charge is 0.504 e. The molecule has 176 valence electrons. The molecule has 0 unspecified atom stereocenters. The average molecular weight is 458 g/mol. The van der Waals surface area contributed by atoms with Crippen LogP contribution in [0.25, 0.3) is 0 Å². The molecule has 3 fully saturated rings. The number of hydrogen-bond acceptors (Lipinski definition) is 5. The summed E-state index contributed by atoms with van der Waals surface area (Å²) < 4.78 is 6.45. The highest BCUT2D eigenvalue weighted by Gasteiger charge is 2.77. The van der Waals surface area contributed by atoms with E-state index in [4.69, 9.17) is 4.74 Å². The van der Waals surface area contributed by atoms with E-state index in [1.165, 1.54) is 24.0 Å². The van der Waals surface area contributed by atoms with E-state index < -0.39 is 22.5 Å². The number of phenols is 1. The number of aryl methyl sites for hydroxylation is 1. The predicted molar refractivity (Wildman–Crippen MR) is 126 cm³/mol. The first-order valence-electron chi connectivity index (χ1n) is 13.0. The molecule has 0 radical (unpaired) electrons. The minimum atomic E-state index is -1.04. The van der Waals surface area contributed by atoms with Crippen LogP contribution in [0.5, 0.6) is 11.5 Å². The molecule has 34 heavy (non-hydrogen) atoms. The molecule has 8 rings (SSSR count). The minimum Gasteiger partial charge on any atom is -0.504 e. The third-order valence-electron chi connectivity index (χ3n) is 10.4. The van der Waals surface area contributed by atoms with Gasteiger partial charge in [-0.25, -0.2) is 0 Å². The van der Waals surface area contributed by atoms with E-state index >= 15 is 0 Å². The molecule has 4 aliphatic carbocycles. The molecule has 2 spiro atoms. The van der Waals surface area contributed by atoms with Gasteiger partial charge in [0.25, 0.3) is 0 Å². The van der Waals surface area contributed by atoms with Gasteiger partial charge in [0.1, 0.15) is 0 Å². The molecule has 0 amide bonds. The fourth-order valence-electron chi connectivity index (χ4n) is 8.68. The van der Waals surface area contributed by atoms with Crippen LogP contribution >= 0.6 is 0 Å². The lowest BCUT2D eigenvalue weighted by molar-refractivity contribution is -0.211. The molecule has 2 bridgehead atoms. The molecule has 2 heterocycles. The Morgan fingerprint density at radius 2 is 1.88 bits per heavy atom. The van der Waals surface area contributed by atoms with Crippen LogP contribution in [-0.4, -0.2) is 51.7 Å². The van der Waals surface area contributed by atoms with Crippen molar-refractivity contribution in [3.8, 4) is 11.5 Å². The average Bonchev–Trinajstić information content (AvgIpc) is 3.57. The van der Waals surface area contributed by atoms with Crippen LogP contribution in [0.3, 0.4) is 0 Å². The molecule has 1 saturated heterocycles. The van der Waals surface area contributed by atoms with E-state index in [1.54, 1.807) is 6.07 Å². The molecule has 2 aromatic rings. The van der Waals surface area contributed by atoms with Crippen LogP contribution < -0.4 is 4.74 Å². The first-order valence-corrected chi connectivity index (χ1v) is 13.0. The summed E-state index contributed by atoms with van der Waals surface area (Å²) in [5.41, 5.74) is 2.22. The van der Waals surface area contributed by atoms with Crippen molar-refractivity contribution in [1.29, 1.82) is 0 Å². The van der Waals surface area contributed by atoms with E-state index in [2.05, 4.69) is 29.2 Å². The molecule has 5 heteroatoms. The predicted octanol–water partition coefficient (Wildman–Crippen LogP) is 3.31. The SMILES string of the molecule is O=C1[C@@H]2Oc3c(O)ccc4c3[C@@]23CCN(CC2CC2)[C@H](C4)[C@]3(O)C[C@]12CCc1ccccc1C2. The van der Waals surface area contributed by atoms with Gasteiger partial charge < -0.3 is 14.9 Å². The van der Waals surface area contributed by atoms with Gasteiger partial charge in [0.15, 0.2) is 23.4 Å². The van der Waals surface area contributed by atoms with Gasteiger partial charge in [-0.05, 0) is 86.6 Å². The molecule has 2 aliphatic heterocycles. The Bertz CT molecular complexity index is 1250. The Hall–Kier alpha value is -2.37. The number of nitrogens with zero attached hydrogens (tertiary/aromatic N) is 1. The lowest BCUT2D eigenvalue weighted by Crippen LogP contribution is -2.79. The number of benzene rings is 2. The number of Topliss-reactive ketones (excluding diaryl/α,β-unsaturated/α-hetero) is 1. The van der Waals surface area contributed by atoms with Crippen molar-refractivity contribution in [3.63, 3.8) is 0 Å². The van der Waals surface area contributed by atoms with Crippen LogP contribution in [0.1, 0.15) is 54.4 Å². The van der Waals surface area contributed by atoms with Crippen LogP contribution in [-0.2, 0) is 29.5 Å². The first-order chi connectivity index (χ1) is 16.5. The lowest BCUT2D eigenvalue weighted by atomic mass is 9.43. The summed E-state index contributed by atoms with van der Waals surface area (Å²) in [6, 6.07) is 12.1. The van der Waals surface area contributed by atoms with E-state index in [0.29, 0.717) is 25.0 Å². The second kappa shape index (κ2) is 6.24. The van der Waals surface area contributed by atoms with Crippen molar-refractivity contribution in [2.45, 2.75) is 74.5 Å². The van der Waals surface area contributed by atoms with Crippen molar-refractivity contribution in [2.24, 2.45) is 11.3 Å². The van der Waals surface area contributed by atoms with Crippen molar-refractivity contribution in [1.82, 2.24) is 4.90 Å². The van der Waals surface area contributed by atoms with Gasteiger partial charge in [0.05, 0.1) is 11.0 Å². The normalized spacial score (nSPS) is 39.5. The summed E-state index contributed by atoms with van der Waals surface area (Å²) >= 11 is 0. The summed E-state index contributed by atoms with van der Waals surface area (Å²) in [5.74, 6) is 1.44. The number of carbonyl (C=O) groups is 1. The second-order valence-electron chi connectivity index (χ2n) is 12.0. The summed E-state index contributed by atoms with van der Waals surface area (Å²) in [4.78, 5) is 17.0. The van der Waals surface area contributed by atoms with E-state index in [0.717, 1.165) is 49.4 Å². The summed E-state index contributed by atoms with van der Waals surface area (Å²) in [7, 11) is 0. The maximum atomic E-state index is 14.4. The van der Waals surface area contributed by atoms with E-state index in [1.807, 2.05) is 6.07 Å². The Morgan fingerprint density at radius 1 is 1.06 bits per heavy atom. The molecular formula is C29H31NO4.